The molecular formula is C28H33F2N5O4. The maximum atomic E-state index is 13.9. The fourth-order valence-corrected chi connectivity index (χ4v) is 6.06. The molecular weight excluding hydrogens is 508 g/mol. The van der Waals surface area contributed by atoms with E-state index in [0.717, 1.165) is 30.2 Å². The number of amides is 4. The maximum Gasteiger partial charge on any atom is 0.319 e. The van der Waals surface area contributed by atoms with Crippen LogP contribution in [-0.2, 0) is 29.0 Å². The molecule has 0 radical (unpaired) electrons. The highest BCUT2D eigenvalue weighted by Crippen LogP contribution is 2.39. The van der Waals surface area contributed by atoms with Gasteiger partial charge in [0.1, 0.15) is 18.2 Å². The molecule has 1 spiro atoms. The van der Waals surface area contributed by atoms with Crippen molar-refractivity contribution in [2.24, 2.45) is 5.92 Å². The average Bonchev–Trinajstić information content (AvgIpc) is 3.35. The molecule has 1 aliphatic carbocycles. The molecule has 3 aliphatic rings. The van der Waals surface area contributed by atoms with Crippen LogP contribution in [-0.4, -0.2) is 83.1 Å². The Hall–Kier alpha value is -3.57. The number of fused-ring (bicyclic) bond motifs is 1. The SMILES string of the molecule is CN1CCCC(C(=O)N(CC(=O)Nc2ccc3c(c2)CC2(C3)C(O)NC(=O)N2C)Cc2cc(F)cc(F)c2)C1. The van der Waals surface area contributed by atoms with E-state index in [1.54, 1.807) is 13.1 Å². The van der Waals surface area contributed by atoms with E-state index < -0.39 is 29.3 Å². The Kier molecular flexibility index (Phi) is 7.30. The normalized spacial score (nSPS) is 24.5. The average molecular weight is 542 g/mol. The van der Waals surface area contributed by atoms with Crippen molar-refractivity contribution in [2.75, 3.05) is 39.0 Å². The molecule has 0 aromatic heterocycles. The number of halogens is 2. The number of likely N-dealkylation sites (tertiary alicyclic amines) is 1. The van der Waals surface area contributed by atoms with Crippen LogP contribution in [0.25, 0.3) is 0 Å². The van der Waals surface area contributed by atoms with Crippen LogP contribution in [0.3, 0.4) is 0 Å². The van der Waals surface area contributed by atoms with Gasteiger partial charge in [0.15, 0.2) is 6.23 Å². The molecule has 208 valence electrons. The number of anilines is 1. The molecule has 11 heteroatoms. The van der Waals surface area contributed by atoms with E-state index in [4.69, 9.17) is 0 Å². The lowest BCUT2D eigenvalue weighted by Gasteiger charge is -2.33. The highest BCUT2D eigenvalue weighted by molar-refractivity contribution is 5.95. The molecule has 0 saturated carbocycles. The van der Waals surface area contributed by atoms with Crippen molar-refractivity contribution in [1.82, 2.24) is 20.0 Å². The van der Waals surface area contributed by atoms with E-state index in [0.29, 0.717) is 31.5 Å². The number of aliphatic hydroxyl groups is 1. The summed E-state index contributed by atoms with van der Waals surface area (Å²) in [6.45, 7) is 1.06. The third-order valence-electron chi connectivity index (χ3n) is 8.14. The van der Waals surface area contributed by atoms with Gasteiger partial charge in [-0.05, 0) is 67.4 Å². The van der Waals surface area contributed by atoms with Gasteiger partial charge in [0.05, 0.1) is 11.5 Å². The number of hydrogen-bond acceptors (Lipinski definition) is 5. The summed E-state index contributed by atoms with van der Waals surface area (Å²) in [6, 6.07) is 8.18. The molecule has 4 amide bonds. The van der Waals surface area contributed by atoms with Gasteiger partial charge in [-0.15, -0.1) is 0 Å². The van der Waals surface area contributed by atoms with E-state index >= 15 is 0 Å². The first-order valence-corrected chi connectivity index (χ1v) is 13.1. The summed E-state index contributed by atoms with van der Waals surface area (Å²) in [5.41, 5.74) is 1.89. The second-order valence-electron chi connectivity index (χ2n) is 11.0. The van der Waals surface area contributed by atoms with Crippen molar-refractivity contribution in [3.8, 4) is 0 Å². The Morgan fingerprint density at radius 1 is 1.13 bits per heavy atom. The Balaban J connectivity index is 1.31. The Labute approximate surface area is 225 Å². The van der Waals surface area contributed by atoms with Crippen LogP contribution in [0.4, 0.5) is 19.3 Å². The van der Waals surface area contributed by atoms with Gasteiger partial charge in [-0.2, -0.15) is 0 Å². The van der Waals surface area contributed by atoms with E-state index in [1.165, 1.54) is 21.9 Å². The molecule has 2 saturated heterocycles. The summed E-state index contributed by atoms with van der Waals surface area (Å²) in [5.74, 6) is -2.47. The van der Waals surface area contributed by atoms with Crippen LogP contribution in [0.15, 0.2) is 36.4 Å². The van der Waals surface area contributed by atoms with Gasteiger partial charge in [-0.25, -0.2) is 13.6 Å². The third-order valence-corrected chi connectivity index (χ3v) is 8.14. The zero-order valence-electron chi connectivity index (χ0n) is 22.0. The Morgan fingerprint density at radius 2 is 1.85 bits per heavy atom. The quantitative estimate of drug-likeness (QED) is 0.520. The van der Waals surface area contributed by atoms with E-state index in [9.17, 15) is 28.3 Å². The van der Waals surface area contributed by atoms with Crippen LogP contribution in [0.5, 0.6) is 0 Å². The standard InChI is InChI=1S/C28H33F2N5O4/c1-33-7-3-4-19(15-33)25(37)35(14-17-8-21(29)11-22(30)9-17)16-24(36)31-23-6-5-18-12-28(13-20(18)10-23)26(38)32-27(39)34(28)2/h5-6,8-11,19,26,38H,3-4,7,12-16H2,1-2H3,(H,31,36)(H,32,39). The molecule has 9 nitrogen and oxygen atoms in total. The number of nitrogens with one attached hydrogen (secondary N) is 2. The summed E-state index contributed by atoms with van der Waals surface area (Å²) >= 11 is 0. The lowest BCUT2D eigenvalue weighted by Crippen LogP contribution is -2.51. The highest BCUT2D eigenvalue weighted by Gasteiger charge is 2.53. The van der Waals surface area contributed by atoms with Gasteiger partial charge in [-0.1, -0.05) is 6.07 Å². The zero-order valence-corrected chi connectivity index (χ0v) is 22.0. The van der Waals surface area contributed by atoms with Crippen molar-refractivity contribution in [1.29, 1.82) is 0 Å². The van der Waals surface area contributed by atoms with Crippen molar-refractivity contribution < 1.29 is 28.3 Å². The monoisotopic (exact) mass is 541 g/mol. The maximum absolute atomic E-state index is 13.9. The minimum atomic E-state index is -1.01. The zero-order chi connectivity index (χ0) is 27.9. The Morgan fingerprint density at radius 3 is 2.51 bits per heavy atom. The molecule has 2 aromatic rings. The largest absolute Gasteiger partial charge is 0.371 e. The third kappa shape index (κ3) is 5.46. The summed E-state index contributed by atoms with van der Waals surface area (Å²) < 4.78 is 27.7. The van der Waals surface area contributed by atoms with E-state index in [-0.39, 0.29) is 36.5 Å². The second kappa shape index (κ2) is 10.5. The van der Waals surface area contributed by atoms with Gasteiger partial charge in [0.25, 0.3) is 0 Å². The number of likely N-dealkylation sites (N-methyl/N-ethyl adjacent to an activating group) is 1. The molecule has 2 aliphatic heterocycles. The molecule has 3 unspecified atom stereocenters. The lowest BCUT2D eigenvalue weighted by atomic mass is 9.93. The van der Waals surface area contributed by atoms with Crippen molar-refractivity contribution >= 4 is 23.5 Å². The van der Waals surface area contributed by atoms with Gasteiger partial charge >= 0.3 is 6.03 Å². The summed E-state index contributed by atoms with van der Waals surface area (Å²) in [6.07, 6.45) is 1.43. The summed E-state index contributed by atoms with van der Waals surface area (Å²) in [7, 11) is 3.59. The van der Waals surface area contributed by atoms with Crippen LogP contribution in [0, 0.1) is 17.6 Å². The molecule has 0 bridgehead atoms. The molecule has 39 heavy (non-hydrogen) atoms. The number of urea groups is 1. The smallest absolute Gasteiger partial charge is 0.319 e. The number of piperidine rings is 1. The molecule has 5 rings (SSSR count). The van der Waals surface area contributed by atoms with E-state index in [2.05, 4.69) is 15.5 Å². The second-order valence-corrected chi connectivity index (χ2v) is 11.0. The van der Waals surface area contributed by atoms with Crippen molar-refractivity contribution in [3.63, 3.8) is 0 Å². The van der Waals surface area contributed by atoms with Gasteiger partial charge in [-0.3, -0.25) is 9.59 Å². The number of benzene rings is 2. The number of aliphatic hydroxyl groups excluding tert-OH is 1. The summed E-state index contributed by atoms with van der Waals surface area (Å²) in [5, 5.41) is 15.9. The van der Waals surface area contributed by atoms with Gasteiger partial charge in [0.2, 0.25) is 11.8 Å². The number of carbonyl (C=O) groups is 3. The fraction of sp³-hybridized carbons (Fsp3) is 0.464. The minimum absolute atomic E-state index is 0.0981. The summed E-state index contributed by atoms with van der Waals surface area (Å²) in [4.78, 5) is 43.6. The van der Waals surface area contributed by atoms with Gasteiger partial charge < -0.3 is 30.4 Å². The van der Waals surface area contributed by atoms with Crippen LogP contribution >= 0.6 is 0 Å². The van der Waals surface area contributed by atoms with E-state index in [1.807, 2.05) is 19.2 Å². The van der Waals surface area contributed by atoms with Crippen LogP contribution in [0.2, 0.25) is 0 Å². The topological polar surface area (TPSA) is 105 Å². The lowest BCUT2D eigenvalue weighted by molar-refractivity contribution is -0.140. The first kappa shape index (κ1) is 27.0. The molecule has 2 heterocycles. The first-order chi connectivity index (χ1) is 18.5. The molecule has 2 fully saturated rings. The number of nitrogens with zero attached hydrogens (tertiary/aromatic N) is 3. The number of carbonyl (C=O) groups excluding carboxylic acids is 3. The molecule has 3 N–H and O–H groups in total. The molecule has 2 aromatic carbocycles. The Bertz CT molecular complexity index is 1290. The van der Waals surface area contributed by atoms with Crippen LogP contribution < -0.4 is 10.6 Å². The number of hydrogen-bond donors (Lipinski definition) is 3. The molecule has 3 atom stereocenters. The van der Waals surface area contributed by atoms with Crippen LogP contribution in [0.1, 0.15) is 29.5 Å². The van der Waals surface area contributed by atoms with Gasteiger partial charge in [0, 0.05) is 44.7 Å². The van der Waals surface area contributed by atoms with Crippen molar-refractivity contribution in [2.45, 2.75) is 44.0 Å². The predicted octanol–water partition coefficient (Wildman–Crippen LogP) is 2.08. The number of rotatable bonds is 6. The first-order valence-electron chi connectivity index (χ1n) is 13.1. The van der Waals surface area contributed by atoms with Crippen molar-refractivity contribution in [3.05, 3.63) is 64.7 Å². The predicted molar refractivity (Wildman–Crippen MR) is 140 cm³/mol. The fourth-order valence-electron chi connectivity index (χ4n) is 6.06. The minimum Gasteiger partial charge on any atom is -0.371 e. The highest BCUT2D eigenvalue weighted by atomic mass is 19.1.